The van der Waals surface area contributed by atoms with Gasteiger partial charge in [0.05, 0.1) is 0 Å². The molecule has 0 spiro atoms. The minimum absolute atomic E-state index is 0.470. The van der Waals surface area contributed by atoms with Crippen molar-refractivity contribution in [2.24, 2.45) is 0 Å². The van der Waals surface area contributed by atoms with Crippen LogP contribution in [0.15, 0.2) is 43.0 Å². The van der Waals surface area contributed by atoms with E-state index in [0.29, 0.717) is 5.56 Å². The zero-order valence-corrected chi connectivity index (χ0v) is 16.1. The molecule has 0 atom stereocenters. The summed E-state index contributed by atoms with van der Waals surface area (Å²) in [6, 6.07) is 9.88. The van der Waals surface area contributed by atoms with Gasteiger partial charge < -0.3 is 0 Å². The van der Waals surface area contributed by atoms with Crippen molar-refractivity contribution in [3.63, 3.8) is 0 Å². The Balaban J connectivity index is 2.32. The predicted molar refractivity (Wildman–Crippen MR) is 94.6 cm³/mol. The summed E-state index contributed by atoms with van der Waals surface area (Å²) in [5, 5.41) is 11.6. The van der Waals surface area contributed by atoms with Crippen molar-refractivity contribution in [1.82, 2.24) is 0 Å². The normalized spacial score (nSPS) is 14.8. The van der Waals surface area contributed by atoms with Gasteiger partial charge in [0.15, 0.2) is 0 Å². The molecule has 22 heavy (non-hydrogen) atoms. The zero-order chi connectivity index (χ0) is 15.7. The topological polar surface area (TPSA) is 37.3 Å². The molecule has 2 aromatic carbocycles. The molecule has 1 aliphatic heterocycles. The number of carboxylic acids is 1. The maximum absolute atomic E-state index is 12.0. The Morgan fingerprint density at radius 2 is 2.09 bits per heavy atom. The van der Waals surface area contributed by atoms with Gasteiger partial charge in [-0.2, -0.15) is 0 Å². The predicted octanol–water partition coefficient (Wildman–Crippen LogP) is 5.02. The van der Waals surface area contributed by atoms with E-state index in [0.717, 1.165) is 28.3 Å². The van der Waals surface area contributed by atoms with Crippen LogP contribution in [0.2, 0.25) is 8.86 Å². The number of rotatable bonds is 3. The first kappa shape index (κ1) is 15.4. The van der Waals surface area contributed by atoms with Gasteiger partial charge in [-0.05, 0) is 0 Å². The van der Waals surface area contributed by atoms with Crippen molar-refractivity contribution in [3.05, 3.63) is 59.7 Å². The summed E-state index contributed by atoms with van der Waals surface area (Å²) >= 11 is -1.76. The summed E-state index contributed by atoms with van der Waals surface area (Å²) in [5.74, 6) is -0.827. The third-order valence-corrected chi connectivity index (χ3v) is 12.8. The number of hydrogen-bond donors (Lipinski definition) is 1. The van der Waals surface area contributed by atoms with Gasteiger partial charge in [0, 0.05) is 0 Å². The molecule has 0 aromatic heterocycles. The van der Waals surface area contributed by atoms with E-state index in [1.807, 2.05) is 24.3 Å². The van der Waals surface area contributed by atoms with E-state index in [4.69, 9.17) is 0 Å². The third kappa shape index (κ3) is 2.63. The molecule has 0 saturated heterocycles. The molecule has 2 nitrogen and oxygen atoms in total. The number of hydrogen-bond acceptors (Lipinski definition) is 1. The second kappa shape index (κ2) is 6.33. The average molecular weight is 394 g/mol. The first-order valence-corrected chi connectivity index (χ1v) is 15.0. The number of allylic oxidation sites excluding steroid dienone is 1. The second-order valence-electron chi connectivity index (χ2n) is 5.93. The molecular weight excluding hydrogens is 375 g/mol. The van der Waals surface area contributed by atoms with Gasteiger partial charge in [-0.3, -0.25) is 0 Å². The SMILES string of the molecule is C=Cc1cccc2c(C(=O)O)c([C]3=CCC[CH2][In]3[CH3])ccc12. The molecular formula is C19H19InO2. The summed E-state index contributed by atoms with van der Waals surface area (Å²) in [7, 11) is 0. The van der Waals surface area contributed by atoms with E-state index in [1.54, 1.807) is 6.08 Å². The van der Waals surface area contributed by atoms with Gasteiger partial charge in [0.2, 0.25) is 0 Å². The standard InChI is InChI=1S/C18H16O2.CH3.In/c1-3-5-6-8-14-11-12-15-13(4-2)9-7-10-16(15)17(14)18(19)20;;/h4,6-7,9-12H,1-3,5H2,(H,19,20);1H3;. The van der Waals surface area contributed by atoms with E-state index < -0.39 is 27.4 Å². The molecule has 0 bridgehead atoms. The molecule has 1 aliphatic rings. The molecule has 110 valence electrons. The molecule has 1 N–H and O–H groups in total. The molecule has 0 aliphatic carbocycles. The quantitative estimate of drug-likeness (QED) is 0.794. The van der Waals surface area contributed by atoms with E-state index in [9.17, 15) is 9.90 Å². The van der Waals surface area contributed by atoms with Crippen LogP contribution in [0.3, 0.4) is 0 Å². The van der Waals surface area contributed by atoms with Crippen LogP contribution in [-0.2, 0) is 0 Å². The summed E-state index contributed by atoms with van der Waals surface area (Å²) in [5.41, 5.74) is 2.42. The van der Waals surface area contributed by atoms with Crippen LogP contribution in [-0.4, -0.2) is 32.5 Å². The monoisotopic (exact) mass is 394 g/mol. The minimum atomic E-state index is -1.76. The molecule has 1 heterocycles. The Hall–Kier alpha value is -1.48. The van der Waals surface area contributed by atoms with Crippen LogP contribution >= 0.6 is 0 Å². The molecule has 3 rings (SSSR count). The fraction of sp³-hybridized carbons (Fsp3) is 0.211. The zero-order valence-electron chi connectivity index (χ0n) is 12.8. The fourth-order valence-electron chi connectivity index (χ4n) is 3.44. The van der Waals surface area contributed by atoms with Gasteiger partial charge in [-0.1, -0.05) is 0 Å². The molecule has 0 saturated carbocycles. The second-order valence-corrected chi connectivity index (χ2v) is 14.5. The van der Waals surface area contributed by atoms with Crippen molar-refractivity contribution in [2.45, 2.75) is 21.7 Å². The first-order chi connectivity index (χ1) is 10.6. The molecule has 0 amide bonds. The van der Waals surface area contributed by atoms with E-state index >= 15 is 0 Å². The van der Waals surface area contributed by atoms with Crippen LogP contribution in [0.1, 0.15) is 34.3 Å². The van der Waals surface area contributed by atoms with Crippen molar-refractivity contribution in [2.75, 3.05) is 0 Å². The van der Waals surface area contributed by atoms with Crippen LogP contribution in [0.25, 0.3) is 20.2 Å². The van der Waals surface area contributed by atoms with Crippen LogP contribution in [0.5, 0.6) is 0 Å². The van der Waals surface area contributed by atoms with Crippen LogP contribution < -0.4 is 0 Å². The van der Waals surface area contributed by atoms with Crippen LogP contribution in [0.4, 0.5) is 0 Å². The van der Waals surface area contributed by atoms with Crippen LogP contribution in [0, 0.1) is 0 Å². The number of fused-ring (bicyclic) bond motifs is 1. The summed E-state index contributed by atoms with van der Waals surface area (Å²) in [4.78, 5) is 12.0. The van der Waals surface area contributed by atoms with Crippen molar-refractivity contribution < 1.29 is 9.90 Å². The molecule has 3 heteroatoms. The number of carbonyl (C=O) groups is 1. The first-order valence-electron chi connectivity index (χ1n) is 7.75. The number of carboxylic acid groups (broad SMARTS) is 1. The number of aromatic carboxylic acids is 1. The summed E-state index contributed by atoms with van der Waals surface area (Å²) in [6.45, 7) is 3.83. The Morgan fingerprint density at radius 1 is 1.27 bits per heavy atom. The Kier molecular flexibility index (Phi) is 4.44. The van der Waals surface area contributed by atoms with Gasteiger partial charge in [0.25, 0.3) is 0 Å². The van der Waals surface area contributed by atoms with E-state index in [2.05, 4.69) is 23.4 Å². The van der Waals surface area contributed by atoms with Gasteiger partial charge in [0.1, 0.15) is 0 Å². The maximum atomic E-state index is 12.0. The molecule has 0 fully saturated rings. The Bertz CT molecular complexity index is 789. The van der Waals surface area contributed by atoms with E-state index in [1.165, 1.54) is 13.9 Å². The average Bonchev–Trinajstić information content (AvgIpc) is 2.53. The molecule has 2 aromatic rings. The number of benzene rings is 2. The third-order valence-electron chi connectivity index (χ3n) is 4.58. The summed E-state index contributed by atoms with van der Waals surface area (Å²) < 4.78 is 5.11. The fourth-order valence-corrected chi connectivity index (χ4v) is 10.6. The van der Waals surface area contributed by atoms with Crippen molar-refractivity contribution >= 4 is 47.6 Å². The molecule has 0 unspecified atom stereocenters. The Morgan fingerprint density at radius 3 is 2.77 bits per heavy atom. The summed E-state index contributed by atoms with van der Waals surface area (Å²) in [6.07, 6.45) is 6.45. The van der Waals surface area contributed by atoms with Crippen molar-refractivity contribution in [3.8, 4) is 0 Å². The molecule has 0 radical (unpaired) electrons. The van der Waals surface area contributed by atoms with Gasteiger partial charge in [-0.25, -0.2) is 0 Å². The van der Waals surface area contributed by atoms with Gasteiger partial charge in [-0.15, -0.1) is 0 Å². The van der Waals surface area contributed by atoms with Gasteiger partial charge >= 0.3 is 139 Å². The van der Waals surface area contributed by atoms with Crippen molar-refractivity contribution in [1.29, 1.82) is 0 Å². The van der Waals surface area contributed by atoms with E-state index in [-0.39, 0.29) is 0 Å². The Labute approximate surface area is 138 Å².